The summed E-state index contributed by atoms with van der Waals surface area (Å²) in [6, 6.07) is 1.98. The van der Waals surface area contributed by atoms with Gasteiger partial charge in [0.1, 0.15) is 5.82 Å². The predicted octanol–water partition coefficient (Wildman–Crippen LogP) is 1.70. The van der Waals surface area contributed by atoms with Gasteiger partial charge in [0, 0.05) is 57.3 Å². The van der Waals surface area contributed by atoms with E-state index in [0.717, 1.165) is 63.6 Å². The zero-order valence-corrected chi connectivity index (χ0v) is 17.8. The monoisotopic (exact) mass is 396 g/mol. The van der Waals surface area contributed by atoms with Gasteiger partial charge in [-0.3, -0.25) is 4.79 Å². The Hall–Kier alpha value is -2.15. The quantitative estimate of drug-likeness (QED) is 0.773. The van der Waals surface area contributed by atoms with Gasteiger partial charge in [-0.05, 0) is 31.7 Å². The molecule has 5 rings (SSSR count). The lowest BCUT2D eigenvalue weighted by atomic mass is 9.89. The third-order valence-corrected chi connectivity index (χ3v) is 6.88. The molecule has 156 valence electrons. The van der Waals surface area contributed by atoms with Crippen molar-refractivity contribution in [3.63, 3.8) is 0 Å². The van der Waals surface area contributed by atoms with E-state index in [9.17, 15) is 4.79 Å². The van der Waals surface area contributed by atoms with Gasteiger partial charge in [-0.1, -0.05) is 13.8 Å². The first-order valence-electron chi connectivity index (χ1n) is 11.1. The number of likely N-dealkylation sites (tertiary alicyclic amines) is 1. The topological polar surface area (TPSA) is 57.0 Å². The first-order chi connectivity index (χ1) is 14.0. The van der Waals surface area contributed by atoms with Crippen LogP contribution in [-0.4, -0.2) is 76.6 Å². The van der Waals surface area contributed by atoms with Crippen molar-refractivity contribution in [1.29, 1.82) is 0 Å². The largest absolute Gasteiger partial charge is 0.354 e. The maximum atomic E-state index is 13.1. The molecule has 2 aromatic rings. The van der Waals surface area contributed by atoms with E-state index in [0.29, 0.717) is 17.7 Å². The Labute approximate surface area is 172 Å². The van der Waals surface area contributed by atoms with E-state index in [1.165, 1.54) is 17.7 Å². The van der Waals surface area contributed by atoms with E-state index in [1.807, 2.05) is 16.8 Å². The van der Waals surface area contributed by atoms with Gasteiger partial charge in [-0.15, -0.1) is 0 Å². The molecular weight excluding hydrogens is 364 g/mol. The standard InChI is InChI=1S/C22H32N6O/c1-15-10-16(2)12-27(11-15)22(29)17-13-26(14-17)21-18-5-8-25(3)9-6-19(18)24-20-4-7-23-28(20)21/h4,7,15-17H,5-6,8-14H2,1-3H3. The molecule has 7 nitrogen and oxygen atoms in total. The van der Waals surface area contributed by atoms with Crippen LogP contribution in [0.5, 0.6) is 0 Å². The SMILES string of the molecule is CC1CC(C)CN(C(=O)C2CN(c3c4c(nc5ccnn35)CCN(C)CC4)C2)C1. The highest BCUT2D eigenvalue weighted by Gasteiger charge is 2.39. The van der Waals surface area contributed by atoms with Crippen molar-refractivity contribution in [2.24, 2.45) is 17.8 Å². The lowest BCUT2D eigenvalue weighted by Gasteiger charge is -2.44. The number of rotatable bonds is 2. The Morgan fingerprint density at radius 3 is 2.55 bits per heavy atom. The average molecular weight is 397 g/mol. The summed E-state index contributed by atoms with van der Waals surface area (Å²) >= 11 is 0. The van der Waals surface area contributed by atoms with Crippen LogP contribution in [-0.2, 0) is 17.6 Å². The van der Waals surface area contributed by atoms with Crippen molar-refractivity contribution < 1.29 is 4.79 Å². The van der Waals surface area contributed by atoms with Crippen LogP contribution < -0.4 is 4.90 Å². The first kappa shape index (κ1) is 18.9. The smallest absolute Gasteiger partial charge is 0.229 e. The second kappa shape index (κ2) is 7.27. The number of carbonyl (C=O) groups is 1. The molecule has 0 aliphatic carbocycles. The van der Waals surface area contributed by atoms with Gasteiger partial charge in [0.2, 0.25) is 5.91 Å². The Morgan fingerprint density at radius 1 is 1.07 bits per heavy atom. The van der Waals surface area contributed by atoms with E-state index in [2.05, 4.69) is 40.7 Å². The van der Waals surface area contributed by atoms with Gasteiger partial charge < -0.3 is 14.7 Å². The van der Waals surface area contributed by atoms with Crippen LogP contribution in [0.3, 0.4) is 0 Å². The summed E-state index contributed by atoms with van der Waals surface area (Å²) in [5.74, 6) is 2.83. The Balaban J connectivity index is 1.38. The summed E-state index contributed by atoms with van der Waals surface area (Å²) in [4.78, 5) is 24.8. The van der Waals surface area contributed by atoms with Gasteiger partial charge in [0.05, 0.1) is 17.8 Å². The molecule has 0 spiro atoms. The number of likely N-dealkylation sites (N-methyl/N-ethyl adjacent to an activating group) is 1. The highest BCUT2D eigenvalue weighted by atomic mass is 16.2. The number of hydrogen-bond donors (Lipinski definition) is 0. The number of piperidine rings is 1. The highest BCUT2D eigenvalue weighted by molar-refractivity contribution is 5.82. The molecule has 2 atom stereocenters. The molecule has 3 aliphatic rings. The second-order valence-corrected chi connectivity index (χ2v) is 9.56. The van der Waals surface area contributed by atoms with E-state index < -0.39 is 0 Å². The fourth-order valence-electron chi connectivity index (χ4n) is 5.41. The van der Waals surface area contributed by atoms with Gasteiger partial charge in [-0.25, -0.2) is 4.98 Å². The molecule has 0 N–H and O–H groups in total. The number of nitrogens with zero attached hydrogens (tertiary/aromatic N) is 6. The zero-order chi connectivity index (χ0) is 20.1. The van der Waals surface area contributed by atoms with Crippen LogP contribution >= 0.6 is 0 Å². The van der Waals surface area contributed by atoms with Gasteiger partial charge in [-0.2, -0.15) is 9.61 Å². The van der Waals surface area contributed by atoms with Crippen LogP contribution in [0.4, 0.5) is 5.82 Å². The van der Waals surface area contributed by atoms with Crippen LogP contribution in [0.15, 0.2) is 12.3 Å². The number of hydrogen-bond acceptors (Lipinski definition) is 5. The normalized spacial score (nSPS) is 26.3. The lowest BCUT2D eigenvalue weighted by molar-refractivity contribution is -0.139. The van der Waals surface area contributed by atoms with Crippen molar-refractivity contribution in [2.45, 2.75) is 33.1 Å². The van der Waals surface area contributed by atoms with Gasteiger partial charge in [0.15, 0.2) is 5.65 Å². The van der Waals surface area contributed by atoms with Crippen molar-refractivity contribution in [1.82, 2.24) is 24.4 Å². The molecule has 2 unspecified atom stereocenters. The van der Waals surface area contributed by atoms with E-state index in [-0.39, 0.29) is 5.92 Å². The molecule has 0 radical (unpaired) electrons. The number of aromatic nitrogens is 3. The number of fused-ring (bicyclic) bond motifs is 2. The molecule has 5 heterocycles. The molecule has 3 aliphatic heterocycles. The van der Waals surface area contributed by atoms with E-state index >= 15 is 0 Å². The van der Waals surface area contributed by atoms with Gasteiger partial charge >= 0.3 is 0 Å². The molecule has 0 bridgehead atoms. The maximum Gasteiger partial charge on any atom is 0.229 e. The lowest BCUT2D eigenvalue weighted by Crippen LogP contribution is -2.57. The molecule has 29 heavy (non-hydrogen) atoms. The summed E-state index contributed by atoms with van der Waals surface area (Å²) < 4.78 is 1.98. The number of carbonyl (C=O) groups excluding carboxylic acids is 1. The highest BCUT2D eigenvalue weighted by Crippen LogP contribution is 2.33. The van der Waals surface area contributed by atoms with E-state index in [1.54, 1.807) is 0 Å². The number of anilines is 1. The first-order valence-corrected chi connectivity index (χ1v) is 11.1. The summed E-state index contributed by atoms with van der Waals surface area (Å²) in [5, 5.41) is 4.56. The van der Waals surface area contributed by atoms with Crippen LogP contribution in [0.25, 0.3) is 5.65 Å². The van der Waals surface area contributed by atoms with Crippen LogP contribution in [0, 0.1) is 17.8 Å². The minimum atomic E-state index is 0.107. The molecule has 2 aromatic heterocycles. The summed E-state index contributed by atoms with van der Waals surface area (Å²) in [5.41, 5.74) is 3.43. The van der Waals surface area contributed by atoms with Crippen LogP contribution in [0.2, 0.25) is 0 Å². The van der Waals surface area contributed by atoms with Crippen molar-refractivity contribution in [3.05, 3.63) is 23.5 Å². The van der Waals surface area contributed by atoms with Crippen molar-refractivity contribution in [3.8, 4) is 0 Å². The maximum absolute atomic E-state index is 13.1. The molecular formula is C22H32N6O. The molecule has 7 heteroatoms. The van der Waals surface area contributed by atoms with E-state index in [4.69, 9.17) is 4.98 Å². The minimum Gasteiger partial charge on any atom is -0.354 e. The third-order valence-electron chi connectivity index (χ3n) is 6.88. The third kappa shape index (κ3) is 3.39. The molecule has 2 fully saturated rings. The summed E-state index contributed by atoms with van der Waals surface area (Å²) in [6.07, 6.45) is 5.02. The molecule has 0 saturated carbocycles. The predicted molar refractivity (Wildman–Crippen MR) is 113 cm³/mol. The minimum absolute atomic E-state index is 0.107. The Kier molecular flexibility index (Phi) is 4.73. The number of amides is 1. The molecule has 2 saturated heterocycles. The van der Waals surface area contributed by atoms with Crippen LogP contribution in [0.1, 0.15) is 31.5 Å². The fraction of sp³-hybridized carbons (Fsp3) is 0.682. The summed E-state index contributed by atoms with van der Waals surface area (Å²) in [6.45, 7) is 10.0. The van der Waals surface area contributed by atoms with Crippen molar-refractivity contribution in [2.75, 3.05) is 51.2 Å². The zero-order valence-electron chi connectivity index (χ0n) is 17.8. The molecule has 1 amide bonds. The second-order valence-electron chi connectivity index (χ2n) is 9.56. The van der Waals surface area contributed by atoms with Crippen molar-refractivity contribution >= 4 is 17.4 Å². The average Bonchev–Trinajstić information content (AvgIpc) is 3.03. The Bertz CT molecular complexity index is 907. The molecule has 0 aromatic carbocycles. The fourth-order valence-corrected chi connectivity index (χ4v) is 5.41. The Morgan fingerprint density at radius 2 is 1.79 bits per heavy atom. The van der Waals surface area contributed by atoms with Gasteiger partial charge in [0.25, 0.3) is 0 Å². The summed E-state index contributed by atoms with van der Waals surface area (Å²) in [7, 11) is 2.18.